The molecule has 0 aromatic heterocycles. The first-order chi connectivity index (χ1) is 14.6. The van der Waals surface area contributed by atoms with Gasteiger partial charge in [-0.15, -0.1) is 0 Å². The number of nitrogens with one attached hydrogen (secondary N) is 3. The molecule has 0 bridgehead atoms. The molecule has 0 saturated heterocycles. The summed E-state index contributed by atoms with van der Waals surface area (Å²) in [5, 5.41) is 2.51. The maximum Gasteiger partial charge on any atom is 0.257 e. The van der Waals surface area contributed by atoms with E-state index in [0.29, 0.717) is 17.9 Å². The summed E-state index contributed by atoms with van der Waals surface area (Å²) in [5.74, 6) is -0.546. The van der Waals surface area contributed by atoms with Crippen molar-refractivity contribution in [1.29, 1.82) is 0 Å². The number of benzene rings is 2. The van der Waals surface area contributed by atoms with Crippen LogP contribution in [0.25, 0.3) is 0 Å². The van der Waals surface area contributed by atoms with E-state index in [0.717, 1.165) is 25.1 Å². The zero-order valence-corrected chi connectivity index (χ0v) is 16.9. The van der Waals surface area contributed by atoms with Crippen LogP contribution in [0, 0.1) is 0 Å². The smallest absolute Gasteiger partial charge is 0.257 e. The third-order valence-corrected chi connectivity index (χ3v) is 4.72. The molecule has 1 aliphatic heterocycles. The highest BCUT2D eigenvalue weighted by atomic mass is 16.5. The summed E-state index contributed by atoms with van der Waals surface area (Å²) in [7, 11) is 0. The van der Waals surface area contributed by atoms with Gasteiger partial charge in [0.15, 0.2) is 0 Å². The molecular formula is C22H26N4O4. The van der Waals surface area contributed by atoms with Crippen molar-refractivity contribution in [3.05, 3.63) is 59.7 Å². The van der Waals surface area contributed by atoms with Gasteiger partial charge in [-0.3, -0.25) is 25.2 Å². The van der Waals surface area contributed by atoms with Crippen LogP contribution < -0.4 is 25.8 Å². The maximum atomic E-state index is 12.2. The van der Waals surface area contributed by atoms with E-state index in [1.807, 2.05) is 30.0 Å². The number of ether oxygens (including phenoxy) is 1. The number of rotatable bonds is 7. The first-order valence-corrected chi connectivity index (χ1v) is 9.98. The lowest BCUT2D eigenvalue weighted by molar-refractivity contribution is -0.127. The Morgan fingerprint density at radius 2 is 1.73 bits per heavy atom. The summed E-state index contributed by atoms with van der Waals surface area (Å²) >= 11 is 0. The van der Waals surface area contributed by atoms with Crippen molar-refractivity contribution < 1.29 is 19.1 Å². The fourth-order valence-corrected chi connectivity index (χ4v) is 3.30. The second-order valence-electron chi connectivity index (χ2n) is 6.89. The predicted molar refractivity (Wildman–Crippen MR) is 113 cm³/mol. The molecule has 8 heteroatoms. The number of para-hydroxylation sites is 1. The van der Waals surface area contributed by atoms with E-state index < -0.39 is 5.91 Å². The number of aryl methyl sites for hydroxylation is 1. The fourth-order valence-electron chi connectivity index (χ4n) is 3.30. The monoisotopic (exact) mass is 410 g/mol. The fraction of sp³-hybridized carbons (Fsp3) is 0.318. The van der Waals surface area contributed by atoms with Gasteiger partial charge in [-0.25, -0.2) is 0 Å². The molecule has 2 aromatic carbocycles. The molecule has 0 spiro atoms. The van der Waals surface area contributed by atoms with Gasteiger partial charge in [-0.2, -0.15) is 0 Å². The van der Waals surface area contributed by atoms with Gasteiger partial charge in [-0.1, -0.05) is 18.2 Å². The number of hydrogen-bond donors (Lipinski definition) is 3. The Bertz CT molecular complexity index is 898. The molecule has 0 aliphatic carbocycles. The van der Waals surface area contributed by atoms with Crippen LogP contribution in [-0.2, 0) is 16.0 Å². The zero-order chi connectivity index (χ0) is 21.3. The quantitative estimate of drug-likeness (QED) is 0.600. The van der Waals surface area contributed by atoms with Gasteiger partial charge in [0.1, 0.15) is 5.75 Å². The van der Waals surface area contributed by atoms with Crippen LogP contribution in [0.2, 0.25) is 0 Å². The number of amides is 3. The minimum atomic E-state index is -0.512. The molecule has 3 rings (SSSR count). The van der Waals surface area contributed by atoms with Crippen molar-refractivity contribution in [3.8, 4) is 5.75 Å². The number of nitrogens with zero attached hydrogens (tertiary/aromatic N) is 1. The van der Waals surface area contributed by atoms with Gasteiger partial charge >= 0.3 is 0 Å². The molecule has 1 aliphatic rings. The number of hydrazine groups is 1. The topological polar surface area (TPSA) is 99.8 Å². The predicted octanol–water partition coefficient (Wildman–Crippen LogP) is 1.42. The van der Waals surface area contributed by atoms with Crippen molar-refractivity contribution in [3.63, 3.8) is 0 Å². The number of carbonyl (C=O) groups excluding carboxylic acids is 3. The molecule has 3 N–H and O–H groups in total. The number of carbonyl (C=O) groups is 3. The lowest BCUT2D eigenvalue weighted by atomic mass is 10.0. The lowest BCUT2D eigenvalue weighted by Gasteiger charge is -2.30. The molecule has 30 heavy (non-hydrogen) atoms. The molecule has 1 heterocycles. The second kappa shape index (κ2) is 10.3. The minimum Gasteiger partial charge on any atom is -0.494 e. The Hall–Kier alpha value is -3.55. The molecular weight excluding hydrogens is 384 g/mol. The maximum absolute atomic E-state index is 12.2. The summed E-state index contributed by atoms with van der Waals surface area (Å²) < 4.78 is 5.33. The van der Waals surface area contributed by atoms with Gasteiger partial charge in [0.25, 0.3) is 17.7 Å². The number of anilines is 1. The molecule has 158 valence electrons. The number of hydrogen-bond acceptors (Lipinski definition) is 5. The average molecular weight is 410 g/mol. The highest BCUT2D eigenvalue weighted by molar-refractivity contribution is 5.96. The average Bonchev–Trinajstić information content (AvgIpc) is 2.77. The standard InChI is InChI=1S/C22H26N4O4/c1-2-30-18-11-9-17(10-12-18)22(29)23-14-20(27)24-25-21(28)15-26-13-5-7-16-6-3-4-8-19(16)26/h3-4,6,8-12H,2,5,7,13-15H2,1H3,(H,23,29)(H,24,27)(H,25,28). The zero-order valence-electron chi connectivity index (χ0n) is 16.9. The Balaban J connectivity index is 1.40. The highest BCUT2D eigenvalue weighted by Gasteiger charge is 2.18. The van der Waals surface area contributed by atoms with E-state index >= 15 is 0 Å². The Morgan fingerprint density at radius 3 is 2.50 bits per heavy atom. The van der Waals surface area contributed by atoms with E-state index in [4.69, 9.17) is 4.74 Å². The van der Waals surface area contributed by atoms with Crippen molar-refractivity contribution >= 4 is 23.4 Å². The van der Waals surface area contributed by atoms with Crippen LogP contribution in [0.1, 0.15) is 29.3 Å². The van der Waals surface area contributed by atoms with E-state index in [1.165, 1.54) is 5.56 Å². The summed E-state index contributed by atoms with van der Waals surface area (Å²) in [6, 6.07) is 14.6. The molecule has 3 amide bonds. The van der Waals surface area contributed by atoms with Crippen LogP contribution in [0.4, 0.5) is 5.69 Å². The van der Waals surface area contributed by atoms with Gasteiger partial charge < -0.3 is 15.0 Å². The van der Waals surface area contributed by atoms with Crippen LogP contribution in [0.15, 0.2) is 48.5 Å². The molecule has 0 fully saturated rings. The Kier molecular flexibility index (Phi) is 7.26. The van der Waals surface area contributed by atoms with Gasteiger partial charge in [-0.05, 0) is 55.7 Å². The van der Waals surface area contributed by atoms with Crippen LogP contribution in [0.5, 0.6) is 5.75 Å². The summed E-state index contributed by atoms with van der Waals surface area (Å²) in [6.07, 6.45) is 1.98. The lowest BCUT2D eigenvalue weighted by Crippen LogP contribution is -2.49. The molecule has 2 aromatic rings. The molecule has 8 nitrogen and oxygen atoms in total. The summed E-state index contributed by atoms with van der Waals surface area (Å²) in [5.41, 5.74) is 7.41. The Labute approximate surface area is 175 Å². The van der Waals surface area contributed by atoms with Crippen molar-refractivity contribution in [2.75, 3.05) is 31.1 Å². The van der Waals surface area contributed by atoms with Gasteiger partial charge in [0.2, 0.25) is 0 Å². The van der Waals surface area contributed by atoms with Crippen LogP contribution in [0.3, 0.4) is 0 Å². The molecule has 0 unspecified atom stereocenters. The highest BCUT2D eigenvalue weighted by Crippen LogP contribution is 2.26. The second-order valence-corrected chi connectivity index (χ2v) is 6.89. The first-order valence-electron chi connectivity index (χ1n) is 9.98. The van der Waals surface area contributed by atoms with E-state index in [9.17, 15) is 14.4 Å². The normalized spacial score (nSPS) is 12.5. The van der Waals surface area contributed by atoms with E-state index in [2.05, 4.69) is 22.2 Å². The van der Waals surface area contributed by atoms with Gasteiger partial charge in [0, 0.05) is 17.8 Å². The van der Waals surface area contributed by atoms with E-state index in [1.54, 1.807) is 24.3 Å². The third-order valence-electron chi connectivity index (χ3n) is 4.72. The molecule has 0 radical (unpaired) electrons. The van der Waals surface area contributed by atoms with E-state index in [-0.39, 0.29) is 24.9 Å². The largest absolute Gasteiger partial charge is 0.494 e. The summed E-state index contributed by atoms with van der Waals surface area (Å²) in [6.45, 7) is 3.11. The minimum absolute atomic E-state index is 0.149. The third kappa shape index (κ3) is 5.73. The Morgan fingerprint density at radius 1 is 1.00 bits per heavy atom. The SMILES string of the molecule is CCOc1ccc(C(=O)NCC(=O)NNC(=O)CN2CCCc3ccccc32)cc1. The van der Waals surface area contributed by atoms with Gasteiger partial charge in [0.05, 0.1) is 19.7 Å². The molecule has 0 saturated carbocycles. The van der Waals surface area contributed by atoms with Crippen molar-refractivity contribution in [2.45, 2.75) is 19.8 Å². The summed E-state index contributed by atoms with van der Waals surface area (Å²) in [4.78, 5) is 38.2. The molecule has 0 atom stereocenters. The van der Waals surface area contributed by atoms with Crippen molar-refractivity contribution in [1.82, 2.24) is 16.2 Å². The first kappa shape index (κ1) is 21.2. The van der Waals surface area contributed by atoms with Crippen LogP contribution >= 0.6 is 0 Å². The van der Waals surface area contributed by atoms with Crippen LogP contribution in [-0.4, -0.2) is 44.0 Å². The number of fused-ring (bicyclic) bond motifs is 1. The van der Waals surface area contributed by atoms with Crippen molar-refractivity contribution in [2.24, 2.45) is 0 Å².